The molecule has 0 aliphatic heterocycles. The summed E-state index contributed by atoms with van der Waals surface area (Å²) in [6.07, 6.45) is 8.49. The van der Waals surface area contributed by atoms with E-state index >= 15 is 0 Å². The third-order valence-corrected chi connectivity index (χ3v) is 3.56. The van der Waals surface area contributed by atoms with Crippen molar-refractivity contribution < 1.29 is 9.53 Å². The highest BCUT2D eigenvalue weighted by atomic mass is 79.9. The minimum absolute atomic E-state index is 0.0298. The lowest BCUT2D eigenvalue weighted by molar-refractivity contribution is -0.144. The lowest BCUT2D eigenvalue weighted by Crippen LogP contribution is -2.08. The van der Waals surface area contributed by atoms with Crippen molar-refractivity contribution in [2.75, 3.05) is 6.61 Å². The molecule has 2 nitrogen and oxygen atoms in total. The van der Waals surface area contributed by atoms with Gasteiger partial charge in [0.25, 0.3) is 0 Å². The fraction of sp³-hybridized carbons (Fsp3) is 0.583. The van der Waals surface area contributed by atoms with E-state index in [1.807, 2.05) is 6.92 Å². The highest BCUT2D eigenvalue weighted by molar-refractivity contribution is 9.09. The Balaban J connectivity index is 1.89. The molecule has 3 atom stereocenters. The molecule has 0 radical (unpaired) electrons. The van der Waals surface area contributed by atoms with Crippen molar-refractivity contribution in [1.29, 1.82) is 0 Å². The van der Waals surface area contributed by atoms with Crippen LogP contribution in [0.1, 0.15) is 19.8 Å². The minimum atomic E-state index is -0.0298. The van der Waals surface area contributed by atoms with E-state index in [0.29, 0.717) is 17.4 Å². The highest BCUT2D eigenvalue weighted by Gasteiger charge is 2.45. The van der Waals surface area contributed by atoms with E-state index in [4.69, 9.17) is 4.74 Å². The Labute approximate surface area is 98.5 Å². The van der Waals surface area contributed by atoms with Crippen LogP contribution in [0.2, 0.25) is 0 Å². The molecule has 1 saturated carbocycles. The Morgan fingerprint density at radius 3 is 3.07 bits per heavy atom. The Morgan fingerprint density at radius 1 is 1.67 bits per heavy atom. The Bertz CT molecular complexity index is 320. The van der Waals surface area contributed by atoms with Gasteiger partial charge >= 0.3 is 5.97 Å². The average Bonchev–Trinajstić information content (AvgIpc) is 2.99. The Morgan fingerprint density at radius 2 is 2.47 bits per heavy atom. The normalized spacial score (nSPS) is 33.5. The van der Waals surface area contributed by atoms with Crippen LogP contribution >= 0.6 is 15.9 Å². The summed E-state index contributed by atoms with van der Waals surface area (Å²) in [5, 5.41) is 0. The van der Waals surface area contributed by atoms with Gasteiger partial charge in [-0.25, -0.2) is 0 Å². The predicted octanol–water partition coefficient (Wildman–Crippen LogP) is 2.84. The molecule has 2 aliphatic carbocycles. The van der Waals surface area contributed by atoms with Gasteiger partial charge in [-0.3, -0.25) is 4.79 Å². The molecule has 3 heteroatoms. The second-order valence-corrected chi connectivity index (χ2v) is 5.19. The maximum atomic E-state index is 11.4. The van der Waals surface area contributed by atoms with E-state index in [1.54, 1.807) is 0 Å². The molecule has 0 spiro atoms. The number of carbonyl (C=O) groups excluding carboxylic acids is 1. The fourth-order valence-corrected chi connectivity index (χ4v) is 2.30. The number of hydrogen-bond acceptors (Lipinski definition) is 2. The first kappa shape index (κ1) is 10.9. The summed E-state index contributed by atoms with van der Waals surface area (Å²) in [7, 11) is 0. The second kappa shape index (κ2) is 4.52. The van der Waals surface area contributed by atoms with Crippen LogP contribution in [0.4, 0.5) is 0 Å². The van der Waals surface area contributed by atoms with Gasteiger partial charge in [0.05, 0.1) is 12.5 Å². The molecule has 1 fully saturated rings. The number of ether oxygens (including phenoxy) is 1. The van der Waals surface area contributed by atoms with Crippen LogP contribution in [0.5, 0.6) is 0 Å². The minimum Gasteiger partial charge on any atom is -0.466 e. The summed E-state index contributed by atoms with van der Waals surface area (Å²) in [6, 6.07) is 0. The van der Waals surface area contributed by atoms with Gasteiger partial charge in [0, 0.05) is 4.83 Å². The van der Waals surface area contributed by atoms with Crippen molar-refractivity contribution in [3.8, 4) is 0 Å². The maximum Gasteiger partial charge on any atom is 0.309 e. The summed E-state index contributed by atoms with van der Waals surface area (Å²) >= 11 is 3.53. The molecule has 0 bridgehead atoms. The third-order valence-electron chi connectivity index (χ3n) is 2.88. The number of esters is 1. The van der Waals surface area contributed by atoms with Crippen molar-refractivity contribution in [2.24, 2.45) is 11.8 Å². The summed E-state index contributed by atoms with van der Waals surface area (Å²) in [5.41, 5.74) is 1.31. The average molecular weight is 271 g/mol. The van der Waals surface area contributed by atoms with Gasteiger partial charge in [-0.15, -0.1) is 0 Å². The Kier molecular flexibility index (Phi) is 3.29. The van der Waals surface area contributed by atoms with Crippen molar-refractivity contribution in [1.82, 2.24) is 0 Å². The largest absolute Gasteiger partial charge is 0.466 e. The Hall–Kier alpha value is -0.570. The fourth-order valence-electron chi connectivity index (χ4n) is 1.96. The number of halogens is 1. The molecule has 0 aromatic rings. The number of alkyl halides is 1. The number of allylic oxidation sites excluding steroid dienone is 4. The first-order chi connectivity index (χ1) is 7.22. The quantitative estimate of drug-likeness (QED) is 0.582. The smallest absolute Gasteiger partial charge is 0.309 e. The summed E-state index contributed by atoms with van der Waals surface area (Å²) in [4.78, 5) is 11.9. The summed E-state index contributed by atoms with van der Waals surface area (Å²) in [6.45, 7) is 2.34. The second-order valence-electron chi connectivity index (χ2n) is 4.02. The van der Waals surface area contributed by atoms with E-state index in [0.717, 1.165) is 12.8 Å². The lowest BCUT2D eigenvalue weighted by Gasteiger charge is -2.10. The topological polar surface area (TPSA) is 26.3 Å². The van der Waals surface area contributed by atoms with E-state index in [-0.39, 0.29) is 11.9 Å². The SMILES string of the molecule is CCOC(=O)[C@H]1C[C@@H]1C1=CCC(Br)C=C1. The number of hydrogen-bond donors (Lipinski definition) is 0. The highest BCUT2D eigenvalue weighted by Crippen LogP contribution is 2.46. The third kappa shape index (κ3) is 2.51. The molecule has 0 aromatic carbocycles. The monoisotopic (exact) mass is 270 g/mol. The standard InChI is InChI=1S/C12H15BrO2/c1-2-15-12(14)11-7-10(11)8-3-5-9(13)6-4-8/h3-5,9-11H,2,6-7H2,1H3/t9?,10-,11+/m1/s1. The number of carbonyl (C=O) groups is 1. The van der Waals surface area contributed by atoms with Gasteiger partial charge in [-0.05, 0) is 31.3 Å². The van der Waals surface area contributed by atoms with Crippen LogP contribution in [0.25, 0.3) is 0 Å². The summed E-state index contributed by atoms with van der Waals surface area (Å²) < 4.78 is 5.01. The van der Waals surface area contributed by atoms with Crippen molar-refractivity contribution in [3.63, 3.8) is 0 Å². The van der Waals surface area contributed by atoms with Crippen LogP contribution in [-0.2, 0) is 9.53 Å². The number of rotatable bonds is 3. The van der Waals surface area contributed by atoms with Gasteiger partial charge < -0.3 is 4.74 Å². The van der Waals surface area contributed by atoms with E-state index < -0.39 is 0 Å². The zero-order valence-electron chi connectivity index (χ0n) is 8.78. The first-order valence-corrected chi connectivity index (χ1v) is 6.33. The molecule has 0 N–H and O–H groups in total. The van der Waals surface area contributed by atoms with Crippen LogP contribution < -0.4 is 0 Å². The molecular weight excluding hydrogens is 256 g/mol. The molecule has 0 amide bonds. The molecule has 82 valence electrons. The molecule has 0 heterocycles. The van der Waals surface area contributed by atoms with Gasteiger partial charge in [-0.2, -0.15) is 0 Å². The molecule has 2 aliphatic rings. The predicted molar refractivity (Wildman–Crippen MR) is 62.8 cm³/mol. The van der Waals surface area contributed by atoms with Crippen molar-refractivity contribution in [2.45, 2.75) is 24.6 Å². The van der Waals surface area contributed by atoms with Crippen LogP contribution in [0, 0.1) is 11.8 Å². The molecule has 1 unspecified atom stereocenters. The molecular formula is C12H15BrO2. The van der Waals surface area contributed by atoms with Gasteiger partial charge in [0.2, 0.25) is 0 Å². The zero-order chi connectivity index (χ0) is 10.8. The van der Waals surface area contributed by atoms with E-state index in [9.17, 15) is 4.79 Å². The van der Waals surface area contributed by atoms with Gasteiger partial charge in [0.1, 0.15) is 0 Å². The van der Waals surface area contributed by atoms with E-state index in [1.165, 1.54) is 5.57 Å². The summed E-state index contributed by atoms with van der Waals surface area (Å²) in [5.74, 6) is 0.505. The van der Waals surface area contributed by atoms with Crippen LogP contribution in [0.15, 0.2) is 23.8 Å². The van der Waals surface area contributed by atoms with Crippen molar-refractivity contribution >= 4 is 21.9 Å². The van der Waals surface area contributed by atoms with Gasteiger partial charge in [0.15, 0.2) is 0 Å². The molecule has 15 heavy (non-hydrogen) atoms. The maximum absolute atomic E-state index is 11.4. The van der Waals surface area contributed by atoms with Crippen LogP contribution in [-0.4, -0.2) is 17.4 Å². The molecule has 0 aromatic heterocycles. The van der Waals surface area contributed by atoms with Crippen molar-refractivity contribution in [3.05, 3.63) is 23.8 Å². The van der Waals surface area contributed by atoms with Gasteiger partial charge in [-0.1, -0.05) is 34.2 Å². The molecule has 0 saturated heterocycles. The zero-order valence-corrected chi connectivity index (χ0v) is 10.4. The van der Waals surface area contributed by atoms with E-state index in [2.05, 4.69) is 34.2 Å². The first-order valence-electron chi connectivity index (χ1n) is 5.41. The van der Waals surface area contributed by atoms with Crippen LogP contribution in [0.3, 0.4) is 0 Å². The lowest BCUT2D eigenvalue weighted by atomic mass is 10.0. The molecule has 2 rings (SSSR count).